The fraction of sp³-hybridized carbons (Fsp3) is 0.444. The summed E-state index contributed by atoms with van der Waals surface area (Å²) in [6, 6.07) is 13.3. The Hall–Kier alpha value is -1.58. The average Bonchev–Trinajstić information content (AvgIpc) is 2.78. The van der Waals surface area contributed by atoms with E-state index in [9.17, 15) is 0 Å². The summed E-state index contributed by atoms with van der Waals surface area (Å²) in [6.07, 6.45) is 0. The maximum absolute atomic E-state index is 5.07. The minimum Gasteiger partial charge on any atom is -0.383 e. The van der Waals surface area contributed by atoms with Gasteiger partial charge in [0.05, 0.1) is 12.6 Å². The van der Waals surface area contributed by atoms with Crippen LogP contribution < -0.4 is 5.32 Å². The Morgan fingerprint density at radius 1 is 1.19 bits per heavy atom. The van der Waals surface area contributed by atoms with Crippen molar-refractivity contribution in [3.05, 3.63) is 58.9 Å². The van der Waals surface area contributed by atoms with Crippen LogP contribution in [0.25, 0.3) is 0 Å². The van der Waals surface area contributed by atoms with E-state index in [1.54, 1.807) is 7.11 Å². The van der Waals surface area contributed by atoms with Gasteiger partial charge in [0.1, 0.15) is 0 Å². The minimum atomic E-state index is 0.360. The van der Waals surface area contributed by atoms with E-state index in [4.69, 9.17) is 4.74 Å². The maximum atomic E-state index is 5.07. The Labute approximate surface area is 127 Å². The molecule has 114 valence electrons. The van der Waals surface area contributed by atoms with Gasteiger partial charge in [-0.2, -0.15) is 0 Å². The number of hydrogen-bond donors (Lipinski definition) is 1. The second-order valence-electron chi connectivity index (χ2n) is 5.52. The summed E-state index contributed by atoms with van der Waals surface area (Å²) in [4.78, 5) is 0. The van der Waals surface area contributed by atoms with Crippen LogP contribution in [0.5, 0.6) is 0 Å². The second-order valence-corrected chi connectivity index (χ2v) is 5.52. The van der Waals surface area contributed by atoms with E-state index < -0.39 is 0 Å². The standard InChI is InChI=1S/C18H26N2O/c1-14-12-18(13-19-10-11-21-4)16(3)20(14)15(2)17-8-6-5-7-9-17/h5-9,12,15,19H,10-11,13H2,1-4H3/t15-/m1/s1. The molecule has 0 fully saturated rings. The van der Waals surface area contributed by atoms with E-state index in [0.717, 1.165) is 19.7 Å². The zero-order valence-electron chi connectivity index (χ0n) is 13.5. The van der Waals surface area contributed by atoms with E-state index in [-0.39, 0.29) is 0 Å². The smallest absolute Gasteiger partial charge is 0.0587 e. The van der Waals surface area contributed by atoms with Crippen LogP contribution in [0, 0.1) is 13.8 Å². The van der Waals surface area contributed by atoms with Gasteiger partial charge in [-0.1, -0.05) is 30.3 Å². The van der Waals surface area contributed by atoms with Gasteiger partial charge in [0, 0.05) is 31.6 Å². The third kappa shape index (κ3) is 3.74. The predicted octanol–water partition coefficient (Wildman–Crippen LogP) is 3.45. The topological polar surface area (TPSA) is 26.2 Å². The number of methoxy groups -OCH3 is 1. The molecule has 1 aromatic carbocycles. The average molecular weight is 286 g/mol. The normalized spacial score (nSPS) is 12.6. The van der Waals surface area contributed by atoms with E-state index in [2.05, 4.69) is 67.1 Å². The zero-order chi connectivity index (χ0) is 15.2. The van der Waals surface area contributed by atoms with Crippen LogP contribution in [0.3, 0.4) is 0 Å². The number of ether oxygens (including phenoxy) is 1. The first kappa shape index (κ1) is 15.8. The van der Waals surface area contributed by atoms with Crippen LogP contribution in [0.1, 0.15) is 35.5 Å². The first-order chi connectivity index (χ1) is 10.1. The van der Waals surface area contributed by atoms with Crippen LogP contribution in [0.15, 0.2) is 36.4 Å². The first-order valence-corrected chi connectivity index (χ1v) is 7.57. The molecular weight excluding hydrogens is 260 g/mol. The van der Waals surface area contributed by atoms with E-state index >= 15 is 0 Å². The molecule has 0 aliphatic rings. The van der Waals surface area contributed by atoms with Gasteiger partial charge in [-0.05, 0) is 38.0 Å². The fourth-order valence-electron chi connectivity index (χ4n) is 2.90. The molecule has 0 saturated heterocycles. The highest BCUT2D eigenvalue weighted by atomic mass is 16.5. The molecule has 1 aromatic heterocycles. The van der Waals surface area contributed by atoms with Crippen LogP contribution >= 0.6 is 0 Å². The molecule has 3 nitrogen and oxygen atoms in total. The van der Waals surface area contributed by atoms with Crippen molar-refractivity contribution in [2.75, 3.05) is 20.3 Å². The molecule has 0 aliphatic carbocycles. The molecule has 3 heteroatoms. The second kappa shape index (κ2) is 7.43. The number of aryl methyl sites for hydroxylation is 1. The summed E-state index contributed by atoms with van der Waals surface area (Å²) in [5, 5.41) is 3.42. The van der Waals surface area contributed by atoms with Crippen molar-refractivity contribution in [3.8, 4) is 0 Å². The Morgan fingerprint density at radius 3 is 2.57 bits per heavy atom. The highest BCUT2D eigenvalue weighted by Gasteiger charge is 2.15. The highest BCUT2D eigenvalue weighted by molar-refractivity contribution is 5.30. The summed E-state index contributed by atoms with van der Waals surface area (Å²) >= 11 is 0. The lowest BCUT2D eigenvalue weighted by Crippen LogP contribution is -2.19. The third-order valence-electron chi connectivity index (χ3n) is 4.06. The van der Waals surface area contributed by atoms with Crippen LogP contribution in [0.2, 0.25) is 0 Å². The molecule has 1 heterocycles. The molecule has 0 aliphatic heterocycles. The molecule has 1 atom stereocenters. The van der Waals surface area contributed by atoms with Crippen molar-refractivity contribution in [1.82, 2.24) is 9.88 Å². The van der Waals surface area contributed by atoms with Gasteiger partial charge < -0.3 is 14.6 Å². The van der Waals surface area contributed by atoms with Gasteiger partial charge in [0.25, 0.3) is 0 Å². The van der Waals surface area contributed by atoms with Gasteiger partial charge in [-0.15, -0.1) is 0 Å². The predicted molar refractivity (Wildman–Crippen MR) is 87.7 cm³/mol. The lowest BCUT2D eigenvalue weighted by atomic mass is 10.1. The van der Waals surface area contributed by atoms with Gasteiger partial charge in [-0.25, -0.2) is 0 Å². The Kier molecular flexibility index (Phi) is 5.59. The van der Waals surface area contributed by atoms with Gasteiger partial charge >= 0.3 is 0 Å². The maximum Gasteiger partial charge on any atom is 0.0587 e. The summed E-state index contributed by atoms with van der Waals surface area (Å²) in [5.74, 6) is 0. The summed E-state index contributed by atoms with van der Waals surface area (Å²) in [5.41, 5.74) is 5.37. The molecule has 1 N–H and O–H groups in total. The Balaban J connectivity index is 2.15. The third-order valence-corrected chi connectivity index (χ3v) is 4.06. The lowest BCUT2D eigenvalue weighted by Gasteiger charge is -2.19. The van der Waals surface area contributed by atoms with Crippen molar-refractivity contribution < 1.29 is 4.74 Å². The van der Waals surface area contributed by atoms with Crippen molar-refractivity contribution >= 4 is 0 Å². The highest BCUT2D eigenvalue weighted by Crippen LogP contribution is 2.25. The quantitative estimate of drug-likeness (QED) is 0.789. The molecule has 0 spiro atoms. The molecule has 0 saturated carbocycles. The van der Waals surface area contributed by atoms with Crippen LogP contribution in [-0.2, 0) is 11.3 Å². The van der Waals surface area contributed by atoms with Crippen molar-refractivity contribution in [1.29, 1.82) is 0 Å². The lowest BCUT2D eigenvalue weighted by molar-refractivity contribution is 0.199. The molecular formula is C18H26N2O. The molecule has 2 aromatic rings. The number of rotatable bonds is 7. The largest absolute Gasteiger partial charge is 0.383 e. The molecule has 0 amide bonds. The SMILES string of the molecule is COCCNCc1cc(C)n([C@H](C)c2ccccc2)c1C. The number of nitrogens with zero attached hydrogens (tertiary/aromatic N) is 1. The van der Waals surface area contributed by atoms with Gasteiger partial charge in [0.15, 0.2) is 0 Å². The molecule has 2 rings (SSSR count). The first-order valence-electron chi connectivity index (χ1n) is 7.57. The summed E-state index contributed by atoms with van der Waals surface area (Å²) in [6.45, 7) is 9.18. The van der Waals surface area contributed by atoms with Gasteiger partial charge in [0.2, 0.25) is 0 Å². The van der Waals surface area contributed by atoms with Crippen LogP contribution in [0.4, 0.5) is 0 Å². The zero-order valence-corrected chi connectivity index (χ0v) is 13.5. The molecule has 0 unspecified atom stereocenters. The summed E-state index contributed by atoms with van der Waals surface area (Å²) in [7, 11) is 1.73. The Bertz CT molecular complexity index is 560. The number of hydrogen-bond acceptors (Lipinski definition) is 2. The van der Waals surface area contributed by atoms with E-state index in [1.807, 2.05) is 0 Å². The van der Waals surface area contributed by atoms with Crippen LogP contribution in [-0.4, -0.2) is 24.8 Å². The summed E-state index contributed by atoms with van der Waals surface area (Å²) < 4.78 is 7.49. The van der Waals surface area contributed by atoms with Crippen molar-refractivity contribution in [3.63, 3.8) is 0 Å². The molecule has 21 heavy (non-hydrogen) atoms. The number of benzene rings is 1. The molecule has 0 bridgehead atoms. The van der Waals surface area contributed by atoms with E-state index in [0.29, 0.717) is 6.04 Å². The van der Waals surface area contributed by atoms with Crippen molar-refractivity contribution in [2.45, 2.75) is 33.4 Å². The van der Waals surface area contributed by atoms with E-state index in [1.165, 1.54) is 22.5 Å². The Morgan fingerprint density at radius 2 is 1.90 bits per heavy atom. The van der Waals surface area contributed by atoms with Gasteiger partial charge in [-0.3, -0.25) is 0 Å². The monoisotopic (exact) mass is 286 g/mol. The molecule has 0 radical (unpaired) electrons. The minimum absolute atomic E-state index is 0.360. The number of nitrogens with one attached hydrogen (secondary N) is 1. The van der Waals surface area contributed by atoms with Crippen molar-refractivity contribution in [2.24, 2.45) is 0 Å². The number of aromatic nitrogens is 1. The fourth-order valence-corrected chi connectivity index (χ4v) is 2.90.